The molecule has 0 N–H and O–H groups in total. The van der Waals surface area contributed by atoms with Crippen LogP contribution in [0, 0.1) is 102 Å². The van der Waals surface area contributed by atoms with Crippen LogP contribution in [0.1, 0.15) is 20.8 Å². The Morgan fingerprint density at radius 3 is 1.18 bits per heavy atom. The quantitative estimate of drug-likeness (QED) is 0.415. The average Bonchev–Trinajstić information content (AvgIpc) is 3.17. The monoisotopic (exact) mass is 461 g/mol. The molecule has 0 heterocycles. The van der Waals surface area contributed by atoms with Crippen LogP contribution in [0.25, 0.3) is 0 Å². The van der Waals surface area contributed by atoms with Crippen LogP contribution >= 0.6 is 8.58 Å². The normalized spacial score (nSPS) is 17.2. The summed E-state index contributed by atoms with van der Waals surface area (Å²) in [4.78, 5) is 0. The number of hydrogen-bond acceptors (Lipinski definition) is 0. The van der Waals surface area contributed by atoms with E-state index in [0.29, 0.717) is 5.16 Å². The van der Waals surface area contributed by atoms with Crippen LogP contribution in [0.5, 0.6) is 0 Å². The Morgan fingerprint density at radius 2 is 0.909 bits per heavy atom. The second kappa shape index (κ2) is 14.3. The van der Waals surface area contributed by atoms with E-state index in [9.17, 15) is 0 Å². The molecule has 3 rings (SSSR count). The van der Waals surface area contributed by atoms with E-state index in [4.69, 9.17) is 0 Å². The van der Waals surface area contributed by atoms with Gasteiger partial charge in [-0.1, -0.05) is 59.7 Å². The fourth-order valence-corrected chi connectivity index (χ4v) is 2.82. The van der Waals surface area contributed by atoms with Crippen molar-refractivity contribution in [2.75, 3.05) is 0 Å². The minimum absolute atomic E-state index is 0. The molecule has 2 fully saturated rings. The summed E-state index contributed by atoms with van der Waals surface area (Å²) in [7, 11) is 0.914. The van der Waals surface area contributed by atoms with Crippen LogP contribution in [0.2, 0.25) is 0 Å². The van der Waals surface area contributed by atoms with Crippen molar-refractivity contribution in [3.8, 4) is 0 Å². The van der Waals surface area contributed by atoms with Gasteiger partial charge in [-0.05, 0) is 74.7 Å². The molecule has 1 atom stereocenters. The fraction of sp³-hybridized carbons (Fsp3) is 0.200. The van der Waals surface area contributed by atoms with E-state index in [1.165, 1.54) is 5.30 Å². The summed E-state index contributed by atoms with van der Waals surface area (Å²) in [6.45, 7) is 6.83. The van der Waals surface area contributed by atoms with Crippen molar-refractivity contribution in [1.29, 1.82) is 0 Å². The summed E-state index contributed by atoms with van der Waals surface area (Å²) in [6, 6.07) is 10.7. The molecule has 0 aliphatic heterocycles. The number of rotatable bonds is 1. The Morgan fingerprint density at radius 1 is 0.591 bits per heavy atom. The summed E-state index contributed by atoms with van der Waals surface area (Å²) in [5.41, 5.74) is 0. The van der Waals surface area contributed by atoms with Crippen molar-refractivity contribution in [2.45, 2.75) is 25.9 Å². The van der Waals surface area contributed by atoms with E-state index in [-0.39, 0.29) is 37.7 Å². The van der Waals surface area contributed by atoms with Crippen LogP contribution < -0.4 is 5.30 Å². The van der Waals surface area contributed by atoms with Crippen molar-refractivity contribution in [3.63, 3.8) is 0 Å². The molecule has 0 bridgehead atoms. The molecule has 0 amide bonds. The Kier molecular flexibility index (Phi) is 14.9. The molecule has 2 heteroatoms. The van der Waals surface area contributed by atoms with Gasteiger partial charge in [0.25, 0.3) is 0 Å². The first kappa shape index (κ1) is 22.9. The maximum atomic E-state index is 2.28. The Hall–Kier alpha value is 0.910. The van der Waals surface area contributed by atoms with Gasteiger partial charge in [0.15, 0.2) is 0 Å². The van der Waals surface area contributed by atoms with Gasteiger partial charge in [-0.25, -0.2) is 0 Å². The van der Waals surface area contributed by atoms with Gasteiger partial charge in [0, 0.05) is 37.7 Å². The molecule has 11 radical (unpaired) electrons. The van der Waals surface area contributed by atoms with E-state index in [0.717, 1.165) is 8.58 Å². The van der Waals surface area contributed by atoms with Crippen molar-refractivity contribution >= 4 is 13.9 Å². The minimum atomic E-state index is 0. The topological polar surface area (TPSA) is 0 Å². The summed E-state index contributed by atoms with van der Waals surface area (Å²) in [5.74, 6) is 0. The molecule has 1 aromatic rings. The molecule has 0 spiro atoms. The maximum absolute atomic E-state index is 2.28. The third kappa shape index (κ3) is 14.5. The van der Waals surface area contributed by atoms with Gasteiger partial charge in [-0.15, -0.1) is 0 Å². The van der Waals surface area contributed by atoms with Crippen LogP contribution in [-0.4, -0.2) is 5.16 Å². The van der Waals surface area contributed by atoms with Crippen molar-refractivity contribution in [3.05, 3.63) is 94.5 Å². The van der Waals surface area contributed by atoms with E-state index in [1.807, 2.05) is 64.2 Å². The van der Waals surface area contributed by atoms with Crippen LogP contribution in [-0.2, 0) is 0 Å². The van der Waals surface area contributed by atoms with Crippen molar-refractivity contribution in [2.24, 2.45) is 0 Å². The van der Waals surface area contributed by atoms with Crippen molar-refractivity contribution < 1.29 is 37.7 Å². The van der Waals surface area contributed by atoms with Gasteiger partial charge in [-0.2, -0.15) is 0 Å². The zero-order chi connectivity index (χ0) is 15.4. The molecule has 2 aliphatic carbocycles. The van der Waals surface area contributed by atoms with E-state index < -0.39 is 0 Å². The van der Waals surface area contributed by atoms with E-state index in [2.05, 4.69) is 51.1 Å². The average molecular weight is 461 g/mol. The zero-order valence-corrected chi connectivity index (χ0v) is 16.4. The second-order valence-electron chi connectivity index (χ2n) is 5.67. The molecule has 0 saturated heterocycles. The molecule has 2 aliphatic rings. The molecule has 1 unspecified atom stereocenters. The summed E-state index contributed by atoms with van der Waals surface area (Å²) < 4.78 is 0. The third-order valence-corrected chi connectivity index (χ3v) is 3.78. The van der Waals surface area contributed by atoms with Gasteiger partial charge in [0.05, 0.1) is 0 Å². The Labute approximate surface area is 171 Å². The number of benzene rings is 1. The van der Waals surface area contributed by atoms with Gasteiger partial charge in [-0.3, -0.25) is 0 Å². The Bertz CT molecular complexity index is 309. The van der Waals surface area contributed by atoms with Crippen LogP contribution in [0.15, 0.2) is 30.3 Å². The summed E-state index contributed by atoms with van der Waals surface area (Å²) in [6.07, 6.45) is 20.0. The SMILES string of the molecule is CC(C)(C)Pc1ccccc1.[CH]1[CH][CH][CH][CH]1.[CH]1[CH][CH][CH][CH]1.[Ho]. The first-order chi connectivity index (χ1) is 10.1. The standard InChI is InChI=1S/C10H15P.2C5H5.Ho/c1-10(2,3)11-9-7-5-4-6-8-9;2*1-2-4-5-3-1;/h4-8,11H,1-3H3;2*1-5H;. The van der Waals surface area contributed by atoms with Gasteiger partial charge in [0.1, 0.15) is 0 Å². The molecular formula is C20H25HoP. The minimum Gasteiger partial charge on any atom is -0.0849 e. The smallest absolute Gasteiger partial charge is 0 e. The summed E-state index contributed by atoms with van der Waals surface area (Å²) >= 11 is 0. The van der Waals surface area contributed by atoms with Crippen LogP contribution in [0.4, 0.5) is 0 Å². The predicted molar refractivity (Wildman–Crippen MR) is 97.1 cm³/mol. The first-order valence-corrected chi connectivity index (χ1v) is 8.24. The van der Waals surface area contributed by atoms with E-state index in [1.54, 1.807) is 0 Å². The third-order valence-electron chi connectivity index (χ3n) is 2.40. The van der Waals surface area contributed by atoms with Crippen molar-refractivity contribution in [1.82, 2.24) is 0 Å². The molecular weight excluding hydrogens is 436 g/mol. The van der Waals surface area contributed by atoms with Crippen LogP contribution in [0.3, 0.4) is 0 Å². The molecule has 22 heavy (non-hydrogen) atoms. The molecule has 0 nitrogen and oxygen atoms in total. The Balaban J connectivity index is 0.000000334. The summed E-state index contributed by atoms with van der Waals surface area (Å²) in [5, 5.41) is 1.89. The van der Waals surface area contributed by atoms with E-state index >= 15 is 0 Å². The molecule has 2 saturated carbocycles. The maximum Gasteiger partial charge on any atom is 0 e. The first-order valence-electron chi connectivity index (χ1n) is 7.24. The van der Waals surface area contributed by atoms with Gasteiger partial charge < -0.3 is 0 Å². The largest absolute Gasteiger partial charge is 0.0849 e. The molecule has 0 aromatic heterocycles. The van der Waals surface area contributed by atoms with Gasteiger partial charge in [0.2, 0.25) is 0 Å². The zero-order valence-electron chi connectivity index (χ0n) is 13.5. The molecule has 1 aromatic carbocycles. The number of hydrogen-bond donors (Lipinski definition) is 0. The fourth-order valence-electron chi connectivity index (χ4n) is 1.60. The van der Waals surface area contributed by atoms with Gasteiger partial charge >= 0.3 is 0 Å². The molecule has 121 valence electrons. The second-order valence-corrected chi connectivity index (χ2v) is 7.99. The predicted octanol–water partition coefficient (Wildman–Crippen LogP) is 4.83.